The first-order valence-electron chi connectivity index (χ1n) is 7.59. The van der Waals surface area contributed by atoms with Gasteiger partial charge in [-0.25, -0.2) is 4.79 Å². The fourth-order valence-electron chi connectivity index (χ4n) is 2.34. The zero-order valence-corrected chi connectivity index (χ0v) is 15.1. The minimum Gasteiger partial charge on any atom is -0.388 e. The van der Waals surface area contributed by atoms with Crippen molar-refractivity contribution in [2.75, 3.05) is 0 Å². The third-order valence-electron chi connectivity index (χ3n) is 3.79. The number of aliphatic hydroxyl groups excluding tert-OH is 1. The standard InChI is InChI=1S/C16H14Cl2N4O4/c1-8-14(18)20-16(25)22(15(8)24)7-13-19-12(21-26-13)6-11(23)9-2-4-10(17)5-3-9/h2-5,11,23H,6-7H2,1H3,(H,20,25)/t11-/m0/s1. The van der Waals surface area contributed by atoms with E-state index in [9.17, 15) is 14.7 Å². The van der Waals surface area contributed by atoms with E-state index in [0.29, 0.717) is 10.6 Å². The maximum absolute atomic E-state index is 12.1. The van der Waals surface area contributed by atoms with E-state index in [2.05, 4.69) is 15.1 Å². The Kier molecular flexibility index (Phi) is 5.26. The van der Waals surface area contributed by atoms with E-state index in [1.807, 2.05) is 0 Å². The van der Waals surface area contributed by atoms with Gasteiger partial charge in [0.2, 0.25) is 5.89 Å². The van der Waals surface area contributed by atoms with E-state index in [0.717, 1.165) is 4.57 Å². The van der Waals surface area contributed by atoms with Crippen LogP contribution >= 0.6 is 23.2 Å². The van der Waals surface area contributed by atoms with E-state index >= 15 is 0 Å². The number of benzene rings is 1. The van der Waals surface area contributed by atoms with Gasteiger partial charge in [0.1, 0.15) is 11.7 Å². The van der Waals surface area contributed by atoms with Crippen molar-refractivity contribution >= 4 is 23.2 Å². The van der Waals surface area contributed by atoms with E-state index in [1.54, 1.807) is 24.3 Å². The molecule has 136 valence electrons. The van der Waals surface area contributed by atoms with Gasteiger partial charge >= 0.3 is 5.69 Å². The van der Waals surface area contributed by atoms with Gasteiger partial charge in [-0.3, -0.25) is 14.3 Å². The lowest BCUT2D eigenvalue weighted by Gasteiger charge is -2.08. The second kappa shape index (κ2) is 7.45. The minimum atomic E-state index is -0.846. The summed E-state index contributed by atoms with van der Waals surface area (Å²) in [4.78, 5) is 30.5. The van der Waals surface area contributed by atoms with E-state index < -0.39 is 17.4 Å². The predicted octanol–water partition coefficient (Wildman–Crippen LogP) is 1.86. The monoisotopic (exact) mass is 396 g/mol. The molecule has 2 N–H and O–H groups in total. The van der Waals surface area contributed by atoms with Gasteiger partial charge in [-0.15, -0.1) is 0 Å². The van der Waals surface area contributed by atoms with Gasteiger partial charge in [-0.2, -0.15) is 4.98 Å². The molecule has 0 aliphatic carbocycles. The number of hydrogen-bond donors (Lipinski definition) is 2. The third-order valence-corrected chi connectivity index (χ3v) is 4.42. The lowest BCUT2D eigenvalue weighted by molar-refractivity contribution is 0.174. The molecular weight excluding hydrogens is 383 g/mol. The Morgan fingerprint density at radius 3 is 2.65 bits per heavy atom. The molecule has 0 saturated carbocycles. The first-order chi connectivity index (χ1) is 12.3. The Morgan fingerprint density at radius 2 is 1.96 bits per heavy atom. The average Bonchev–Trinajstić information content (AvgIpc) is 3.04. The van der Waals surface area contributed by atoms with Gasteiger partial charge in [0, 0.05) is 17.0 Å². The maximum Gasteiger partial charge on any atom is 0.329 e. The van der Waals surface area contributed by atoms with Crippen LogP contribution in [0.5, 0.6) is 0 Å². The quantitative estimate of drug-likeness (QED) is 0.636. The molecule has 3 aromatic rings. The van der Waals surface area contributed by atoms with Crippen LogP contribution in [-0.2, 0) is 13.0 Å². The number of halogens is 2. The van der Waals surface area contributed by atoms with Crippen molar-refractivity contribution in [2.45, 2.75) is 26.0 Å². The van der Waals surface area contributed by atoms with Crippen LogP contribution in [0.3, 0.4) is 0 Å². The number of nitrogens with one attached hydrogen (secondary N) is 1. The summed E-state index contributed by atoms with van der Waals surface area (Å²) in [6, 6.07) is 6.74. The van der Waals surface area contributed by atoms with Gasteiger partial charge in [0.15, 0.2) is 5.82 Å². The summed E-state index contributed by atoms with van der Waals surface area (Å²) in [5, 5.41) is 14.6. The summed E-state index contributed by atoms with van der Waals surface area (Å²) in [5.74, 6) is 0.315. The first kappa shape index (κ1) is 18.4. The summed E-state index contributed by atoms with van der Waals surface area (Å²) in [7, 11) is 0. The van der Waals surface area contributed by atoms with Crippen LogP contribution in [0.15, 0.2) is 38.4 Å². The molecule has 1 atom stereocenters. The molecule has 0 saturated heterocycles. The zero-order chi connectivity index (χ0) is 18.8. The summed E-state index contributed by atoms with van der Waals surface area (Å²) >= 11 is 11.6. The Labute approximate surface area is 157 Å². The molecule has 8 nitrogen and oxygen atoms in total. The normalized spacial score (nSPS) is 12.3. The molecule has 0 amide bonds. The van der Waals surface area contributed by atoms with Gasteiger partial charge in [-0.1, -0.05) is 40.5 Å². The Bertz CT molecular complexity index is 1040. The SMILES string of the molecule is Cc1c(Cl)[nH]c(=O)n(Cc2nc(C[C@H](O)c3ccc(Cl)cc3)no2)c1=O. The van der Waals surface area contributed by atoms with Crippen molar-refractivity contribution in [3.8, 4) is 0 Å². The smallest absolute Gasteiger partial charge is 0.329 e. The highest BCUT2D eigenvalue weighted by Gasteiger charge is 2.16. The molecule has 0 radical (unpaired) electrons. The number of rotatable bonds is 5. The minimum absolute atomic E-state index is 0.00597. The molecule has 0 spiro atoms. The van der Waals surface area contributed by atoms with Crippen LogP contribution in [-0.4, -0.2) is 24.8 Å². The molecule has 2 heterocycles. The molecule has 1 aromatic carbocycles. The maximum atomic E-state index is 12.1. The Morgan fingerprint density at radius 1 is 1.27 bits per heavy atom. The molecular formula is C16H14Cl2N4O4. The average molecular weight is 397 g/mol. The van der Waals surface area contributed by atoms with Gasteiger partial charge in [0.05, 0.1) is 6.10 Å². The molecule has 2 aromatic heterocycles. The lowest BCUT2D eigenvalue weighted by atomic mass is 10.1. The number of hydrogen-bond acceptors (Lipinski definition) is 6. The molecule has 26 heavy (non-hydrogen) atoms. The second-order valence-electron chi connectivity index (χ2n) is 5.64. The predicted molar refractivity (Wildman–Crippen MR) is 94.6 cm³/mol. The van der Waals surface area contributed by atoms with Crippen LogP contribution in [0.1, 0.15) is 28.9 Å². The zero-order valence-electron chi connectivity index (χ0n) is 13.6. The van der Waals surface area contributed by atoms with Crippen molar-refractivity contribution in [3.63, 3.8) is 0 Å². The molecule has 0 fully saturated rings. The fraction of sp³-hybridized carbons (Fsp3) is 0.250. The summed E-state index contributed by atoms with van der Waals surface area (Å²) in [6.07, 6.45) is -0.739. The highest BCUT2D eigenvalue weighted by atomic mass is 35.5. The van der Waals surface area contributed by atoms with Gasteiger partial charge < -0.3 is 9.63 Å². The van der Waals surface area contributed by atoms with Crippen molar-refractivity contribution in [1.82, 2.24) is 19.7 Å². The molecule has 0 bridgehead atoms. The first-order valence-corrected chi connectivity index (χ1v) is 8.35. The lowest BCUT2D eigenvalue weighted by Crippen LogP contribution is -2.37. The fourth-order valence-corrected chi connectivity index (χ4v) is 2.62. The largest absolute Gasteiger partial charge is 0.388 e. The Balaban J connectivity index is 1.77. The van der Waals surface area contributed by atoms with Gasteiger partial charge in [-0.05, 0) is 24.6 Å². The van der Waals surface area contributed by atoms with Crippen LogP contribution in [0.4, 0.5) is 0 Å². The van der Waals surface area contributed by atoms with Crippen molar-refractivity contribution in [1.29, 1.82) is 0 Å². The van der Waals surface area contributed by atoms with Crippen molar-refractivity contribution in [3.05, 3.63) is 78.1 Å². The molecule has 0 unspecified atom stereocenters. The number of aromatic amines is 1. The summed E-state index contributed by atoms with van der Waals surface area (Å²) in [6.45, 7) is 1.30. The third kappa shape index (κ3) is 3.87. The van der Waals surface area contributed by atoms with E-state index in [4.69, 9.17) is 27.7 Å². The van der Waals surface area contributed by atoms with Crippen LogP contribution in [0.2, 0.25) is 10.2 Å². The topological polar surface area (TPSA) is 114 Å². The highest BCUT2D eigenvalue weighted by Crippen LogP contribution is 2.19. The summed E-state index contributed by atoms with van der Waals surface area (Å²) in [5.41, 5.74) is -0.350. The van der Waals surface area contributed by atoms with E-state index in [-0.39, 0.29) is 35.4 Å². The van der Waals surface area contributed by atoms with Crippen molar-refractivity contribution in [2.24, 2.45) is 0 Å². The molecule has 0 aliphatic rings. The highest BCUT2D eigenvalue weighted by molar-refractivity contribution is 6.30. The molecule has 0 aliphatic heterocycles. The molecule has 3 rings (SSSR count). The second-order valence-corrected chi connectivity index (χ2v) is 6.45. The Hall–Kier alpha value is -2.42. The van der Waals surface area contributed by atoms with E-state index in [1.165, 1.54) is 6.92 Å². The molecule has 10 heteroatoms. The van der Waals surface area contributed by atoms with Crippen LogP contribution < -0.4 is 11.2 Å². The van der Waals surface area contributed by atoms with Crippen LogP contribution in [0.25, 0.3) is 0 Å². The van der Waals surface area contributed by atoms with Gasteiger partial charge in [0.25, 0.3) is 5.56 Å². The number of nitrogens with zero attached hydrogens (tertiary/aromatic N) is 3. The number of H-pyrrole nitrogens is 1. The summed E-state index contributed by atoms with van der Waals surface area (Å²) < 4.78 is 5.98. The number of aliphatic hydroxyl groups is 1. The number of aromatic nitrogens is 4. The van der Waals surface area contributed by atoms with Crippen LogP contribution in [0, 0.1) is 6.92 Å². The van der Waals surface area contributed by atoms with Crippen molar-refractivity contribution < 1.29 is 9.63 Å².